The van der Waals surface area contributed by atoms with E-state index in [1.54, 1.807) is 6.20 Å². The summed E-state index contributed by atoms with van der Waals surface area (Å²) in [4.78, 5) is 14.5. The molecule has 0 saturated carbocycles. The number of pyridine rings is 1. The van der Waals surface area contributed by atoms with Crippen LogP contribution in [-0.2, 0) is 6.42 Å². The van der Waals surface area contributed by atoms with Gasteiger partial charge in [-0.3, -0.25) is 4.98 Å². The van der Waals surface area contributed by atoms with Crippen LogP contribution in [0.15, 0.2) is 109 Å². The number of hydrogen-bond acceptors (Lipinski definition) is 4. The van der Waals surface area contributed by atoms with Gasteiger partial charge >= 0.3 is 0 Å². The molecule has 0 bridgehead atoms. The van der Waals surface area contributed by atoms with Crippen LogP contribution in [0.3, 0.4) is 0 Å². The summed E-state index contributed by atoms with van der Waals surface area (Å²) in [6.07, 6.45) is 3.39. The molecule has 0 saturated heterocycles. The van der Waals surface area contributed by atoms with Crippen LogP contribution in [0.2, 0.25) is 0 Å². The second-order valence-corrected chi connectivity index (χ2v) is 11.8. The van der Waals surface area contributed by atoms with Gasteiger partial charge in [0.25, 0.3) is 0 Å². The lowest BCUT2D eigenvalue weighted by Gasteiger charge is -2.20. The zero-order valence-corrected chi connectivity index (χ0v) is 23.6. The fourth-order valence-corrected chi connectivity index (χ4v) is 7.90. The summed E-state index contributed by atoms with van der Waals surface area (Å²) >= 11 is 0. The summed E-state index contributed by atoms with van der Waals surface area (Å²) in [5.74, 6) is 0.563. The Morgan fingerprint density at radius 1 is 0.727 bits per heavy atom. The van der Waals surface area contributed by atoms with E-state index < -0.39 is 0 Å². The fourth-order valence-electron chi connectivity index (χ4n) is 7.90. The molecule has 1 atom stereocenters. The second kappa shape index (κ2) is 8.59. The van der Waals surface area contributed by atoms with Gasteiger partial charge in [0, 0.05) is 33.7 Å². The first-order valence-corrected chi connectivity index (χ1v) is 15.0. The zero-order valence-electron chi connectivity index (χ0n) is 23.6. The van der Waals surface area contributed by atoms with E-state index in [1.807, 2.05) is 12.1 Å². The molecule has 204 valence electrons. The quantitative estimate of drug-likeness (QED) is 0.201. The van der Waals surface area contributed by atoms with E-state index in [0.717, 1.165) is 12.8 Å². The molecule has 0 N–H and O–H groups in total. The number of aryl methyl sites for hydroxylation is 1. The van der Waals surface area contributed by atoms with Crippen molar-refractivity contribution in [3.63, 3.8) is 0 Å². The number of nitrogens with zero attached hydrogens (tertiary/aromatic N) is 5. The first kappa shape index (κ1) is 23.7. The monoisotopic (exact) mass is 561 g/mol. The molecular weight excluding hydrogens is 538 g/mol. The maximum absolute atomic E-state index is 10.1. The van der Waals surface area contributed by atoms with Crippen LogP contribution in [0, 0.1) is 11.3 Å². The van der Waals surface area contributed by atoms with Crippen molar-refractivity contribution in [2.75, 3.05) is 0 Å². The van der Waals surface area contributed by atoms with E-state index in [4.69, 9.17) is 9.97 Å². The van der Waals surface area contributed by atoms with E-state index in [-0.39, 0.29) is 5.92 Å². The highest BCUT2D eigenvalue weighted by Gasteiger charge is 2.33. The molecule has 0 aliphatic heterocycles. The molecule has 5 nitrogen and oxygen atoms in total. The SMILES string of the molecule is N#Cc1nc(C2CCc3c(ccc4ccccc34)-c3cc4c5ccccc5n5c6ccccc6c(c32)c45)nc2cccnc12. The van der Waals surface area contributed by atoms with Gasteiger partial charge in [-0.05, 0) is 76.2 Å². The Bertz CT molecular complexity index is 2690. The van der Waals surface area contributed by atoms with Crippen molar-refractivity contribution >= 4 is 59.9 Å². The Kier molecular flexibility index (Phi) is 4.62. The molecule has 1 unspecified atom stereocenters. The van der Waals surface area contributed by atoms with Gasteiger partial charge in [-0.2, -0.15) is 5.26 Å². The van der Waals surface area contributed by atoms with Crippen LogP contribution >= 0.6 is 0 Å². The molecule has 44 heavy (non-hydrogen) atoms. The number of hydrogen-bond donors (Lipinski definition) is 0. The summed E-state index contributed by atoms with van der Waals surface area (Å²) in [7, 11) is 0. The molecule has 1 aliphatic carbocycles. The standard InChI is InChI=1S/C39H23N5/c40-21-32-37-31(12-7-19-41-37)42-39(43-32)28-18-17-24-23-9-2-1-8-22(23)15-16-25(24)29-20-30-26-10-3-5-13-33(26)44-34-14-6-4-11-27(34)36(35(28)29)38(30)44/h1-16,19-20,28H,17-18H2. The third kappa shape index (κ3) is 2.99. The number of fused-ring (bicyclic) bond motifs is 13. The van der Waals surface area contributed by atoms with Gasteiger partial charge < -0.3 is 4.40 Å². The molecule has 0 amide bonds. The Morgan fingerprint density at radius 3 is 2.36 bits per heavy atom. The van der Waals surface area contributed by atoms with Crippen molar-refractivity contribution in [3.8, 4) is 17.2 Å². The van der Waals surface area contributed by atoms with Crippen molar-refractivity contribution in [1.82, 2.24) is 19.4 Å². The molecule has 0 fully saturated rings. The highest BCUT2D eigenvalue weighted by atomic mass is 14.9. The molecule has 4 aromatic heterocycles. The molecule has 9 aromatic rings. The van der Waals surface area contributed by atoms with Gasteiger partial charge in [0.15, 0.2) is 5.69 Å². The minimum absolute atomic E-state index is 0.120. The molecule has 10 rings (SSSR count). The average molecular weight is 562 g/mol. The maximum atomic E-state index is 10.1. The van der Waals surface area contributed by atoms with Gasteiger partial charge in [0.2, 0.25) is 0 Å². The first-order chi connectivity index (χ1) is 21.8. The average Bonchev–Trinajstić information content (AvgIpc) is 3.53. The molecule has 1 aliphatic rings. The minimum atomic E-state index is -0.120. The summed E-state index contributed by atoms with van der Waals surface area (Å²) in [5, 5.41) is 17.7. The van der Waals surface area contributed by atoms with Crippen molar-refractivity contribution < 1.29 is 0 Å². The van der Waals surface area contributed by atoms with E-state index in [9.17, 15) is 5.26 Å². The lowest BCUT2D eigenvalue weighted by molar-refractivity contribution is 0.688. The summed E-state index contributed by atoms with van der Waals surface area (Å²) in [6.45, 7) is 0. The van der Waals surface area contributed by atoms with Crippen molar-refractivity contribution in [3.05, 3.63) is 132 Å². The Morgan fingerprint density at radius 2 is 1.50 bits per heavy atom. The van der Waals surface area contributed by atoms with E-state index >= 15 is 0 Å². The lowest BCUT2D eigenvalue weighted by atomic mass is 9.85. The molecule has 0 spiro atoms. The van der Waals surface area contributed by atoms with Crippen molar-refractivity contribution in [2.45, 2.75) is 18.8 Å². The summed E-state index contributed by atoms with van der Waals surface area (Å²) in [6, 6.07) is 39.3. The Labute approximate surface area is 252 Å². The Hall–Kier alpha value is -5.86. The topological polar surface area (TPSA) is 66.9 Å². The van der Waals surface area contributed by atoms with Gasteiger partial charge in [-0.15, -0.1) is 0 Å². The smallest absolute Gasteiger partial charge is 0.170 e. The first-order valence-electron chi connectivity index (χ1n) is 15.0. The maximum Gasteiger partial charge on any atom is 0.170 e. The predicted octanol–water partition coefficient (Wildman–Crippen LogP) is 8.94. The summed E-state index contributed by atoms with van der Waals surface area (Å²) in [5.41, 5.74) is 10.3. The van der Waals surface area contributed by atoms with Crippen LogP contribution in [0.5, 0.6) is 0 Å². The number of rotatable bonds is 1. The molecule has 0 radical (unpaired) electrons. The molecule has 4 heterocycles. The highest BCUT2D eigenvalue weighted by molar-refractivity contribution is 6.26. The second-order valence-electron chi connectivity index (χ2n) is 11.8. The van der Waals surface area contributed by atoms with E-state index in [0.29, 0.717) is 22.6 Å². The molecular formula is C39H23N5. The fraction of sp³-hybridized carbons (Fsp3) is 0.0769. The van der Waals surface area contributed by atoms with Crippen molar-refractivity contribution in [2.24, 2.45) is 0 Å². The molecule has 5 aromatic carbocycles. The van der Waals surface area contributed by atoms with Crippen LogP contribution in [0.1, 0.15) is 35.0 Å². The van der Waals surface area contributed by atoms with Gasteiger partial charge in [-0.1, -0.05) is 72.8 Å². The van der Waals surface area contributed by atoms with E-state index in [1.165, 1.54) is 71.1 Å². The lowest BCUT2D eigenvalue weighted by Crippen LogP contribution is -2.10. The number of para-hydroxylation sites is 2. The largest absolute Gasteiger partial charge is 0.308 e. The summed E-state index contributed by atoms with van der Waals surface area (Å²) < 4.78 is 2.44. The number of nitriles is 1. The normalized spacial score (nSPS) is 14.8. The number of aromatic nitrogens is 4. The van der Waals surface area contributed by atoms with Crippen LogP contribution in [0.25, 0.3) is 71.0 Å². The third-order valence-electron chi connectivity index (χ3n) is 9.67. The Balaban J connectivity index is 1.42. The van der Waals surface area contributed by atoms with Crippen LogP contribution in [0.4, 0.5) is 0 Å². The minimum Gasteiger partial charge on any atom is -0.308 e. The number of benzene rings is 5. The zero-order chi connectivity index (χ0) is 28.9. The van der Waals surface area contributed by atoms with Crippen LogP contribution in [-0.4, -0.2) is 19.4 Å². The van der Waals surface area contributed by atoms with Gasteiger partial charge in [-0.25, -0.2) is 9.97 Å². The van der Waals surface area contributed by atoms with E-state index in [2.05, 4.69) is 106 Å². The van der Waals surface area contributed by atoms with Crippen molar-refractivity contribution in [1.29, 1.82) is 5.26 Å². The third-order valence-corrected chi connectivity index (χ3v) is 9.67. The van der Waals surface area contributed by atoms with Crippen LogP contribution < -0.4 is 0 Å². The highest BCUT2D eigenvalue weighted by Crippen LogP contribution is 2.51. The van der Waals surface area contributed by atoms with Gasteiger partial charge in [0.05, 0.1) is 22.1 Å². The molecule has 5 heteroatoms. The van der Waals surface area contributed by atoms with Gasteiger partial charge in [0.1, 0.15) is 17.4 Å². The predicted molar refractivity (Wildman–Crippen MR) is 176 cm³/mol.